The summed E-state index contributed by atoms with van der Waals surface area (Å²) in [5, 5.41) is 3.43. The van der Waals surface area contributed by atoms with Gasteiger partial charge in [-0.25, -0.2) is 0 Å². The average molecular weight is 239 g/mol. The number of methoxy groups -OCH3 is 1. The second-order valence-corrected chi connectivity index (χ2v) is 5.08. The summed E-state index contributed by atoms with van der Waals surface area (Å²) in [5.74, 6) is 1.94. The Kier molecular flexibility index (Phi) is 5.72. The summed E-state index contributed by atoms with van der Waals surface area (Å²) < 4.78 is 10.9. The SMILES string of the molecule is CCCNCCC(C)(C)c1ccc(COC)o1. The smallest absolute Gasteiger partial charge is 0.129 e. The van der Waals surface area contributed by atoms with Crippen molar-refractivity contribution in [1.82, 2.24) is 5.32 Å². The van der Waals surface area contributed by atoms with Crippen LogP contribution in [0.3, 0.4) is 0 Å². The first-order chi connectivity index (χ1) is 8.10. The topological polar surface area (TPSA) is 34.4 Å². The van der Waals surface area contributed by atoms with Crippen molar-refractivity contribution in [2.75, 3.05) is 20.2 Å². The van der Waals surface area contributed by atoms with Crippen LogP contribution in [0.25, 0.3) is 0 Å². The number of hydrogen-bond acceptors (Lipinski definition) is 3. The molecule has 0 aliphatic heterocycles. The second-order valence-electron chi connectivity index (χ2n) is 5.08. The van der Waals surface area contributed by atoms with E-state index in [1.54, 1.807) is 7.11 Å². The molecule has 0 spiro atoms. The van der Waals surface area contributed by atoms with E-state index in [1.807, 2.05) is 6.07 Å². The van der Waals surface area contributed by atoms with Gasteiger partial charge in [-0.3, -0.25) is 0 Å². The lowest BCUT2D eigenvalue weighted by Crippen LogP contribution is -2.25. The number of nitrogens with one attached hydrogen (secondary N) is 1. The number of furan rings is 1. The van der Waals surface area contributed by atoms with E-state index in [4.69, 9.17) is 9.15 Å². The van der Waals surface area contributed by atoms with Gasteiger partial charge in [-0.2, -0.15) is 0 Å². The molecule has 98 valence electrons. The van der Waals surface area contributed by atoms with E-state index < -0.39 is 0 Å². The van der Waals surface area contributed by atoms with Crippen LogP contribution in [-0.2, 0) is 16.8 Å². The molecule has 0 aliphatic rings. The molecule has 3 nitrogen and oxygen atoms in total. The predicted molar refractivity (Wildman–Crippen MR) is 70.2 cm³/mol. The highest BCUT2D eigenvalue weighted by molar-refractivity contribution is 5.15. The van der Waals surface area contributed by atoms with E-state index in [2.05, 4.69) is 32.2 Å². The standard InChI is InChI=1S/C14H25NO2/c1-5-9-15-10-8-14(2,3)13-7-6-12(17-13)11-16-4/h6-7,15H,5,8-11H2,1-4H3. The Labute approximate surface area is 105 Å². The van der Waals surface area contributed by atoms with Gasteiger partial charge in [0, 0.05) is 12.5 Å². The first kappa shape index (κ1) is 14.3. The lowest BCUT2D eigenvalue weighted by molar-refractivity contribution is 0.160. The molecule has 1 aromatic rings. The van der Waals surface area contributed by atoms with Gasteiger partial charge in [0.05, 0.1) is 0 Å². The van der Waals surface area contributed by atoms with Crippen LogP contribution in [0.4, 0.5) is 0 Å². The molecule has 0 unspecified atom stereocenters. The van der Waals surface area contributed by atoms with Crippen molar-refractivity contribution in [3.05, 3.63) is 23.7 Å². The number of ether oxygens (including phenoxy) is 1. The van der Waals surface area contributed by atoms with Crippen molar-refractivity contribution < 1.29 is 9.15 Å². The quantitative estimate of drug-likeness (QED) is 0.708. The van der Waals surface area contributed by atoms with Crippen LogP contribution in [0, 0.1) is 0 Å². The fraction of sp³-hybridized carbons (Fsp3) is 0.714. The van der Waals surface area contributed by atoms with Crippen LogP contribution in [0.2, 0.25) is 0 Å². The summed E-state index contributed by atoms with van der Waals surface area (Å²) in [4.78, 5) is 0. The largest absolute Gasteiger partial charge is 0.463 e. The van der Waals surface area contributed by atoms with Crippen molar-refractivity contribution in [3.63, 3.8) is 0 Å². The monoisotopic (exact) mass is 239 g/mol. The molecule has 1 heterocycles. The molecule has 1 N–H and O–H groups in total. The van der Waals surface area contributed by atoms with Crippen LogP contribution in [0.15, 0.2) is 16.5 Å². The van der Waals surface area contributed by atoms with Crippen molar-refractivity contribution in [2.45, 2.75) is 45.6 Å². The molecule has 0 fully saturated rings. The number of hydrogen-bond donors (Lipinski definition) is 1. The minimum absolute atomic E-state index is 0.0761. The Morgan fingerprint density at radius 1 is 1.29 bits per heavy atom. The van der Waals surface area contributed by atoms with Gasteiger partial charge < -0.3 is 14.5 Å². The highest BCUT2D eigenvalue weighted by Gasteiger charge is 2.23. The van der Waals surface area contributed by atoms with Gasteiger partial charge in [0.15, 0.2) is 0 Å². The minimum atomic E-state index is 0.0761. The van der Waals surface area contributed by atoms with Crippen molar-refractivity contribution in [1.29, 1.82) is 0 Å². The van der Waals surface area contributed by atoms with E-state index in [0.717, 1.165) is 31.0 Å². The molecule has 1 aromatic heterocycles. The third kappa shape index (κ3) is 4.52. The first-order valence-corrected chi connectivity index (χ1v) is 6.39. The lowest BCUT2D eigenvalue weighted by atomic mass is 9.86. The average Bonchev–Trinajstić information content (AvgIpc) is 2.74. The van der Waals surface area contributed by atoms with Gasteiger partial charge in [-0.15, -0.1) is 0 Å². The van der Waals surface area contributed by atoms with Gasteiger partial charge in [0.25, 0.3) is 0 Å². The van der Waals surface area contributed by atoms with Gasteiger partial charge in [0.2, 0.25) is 0 Å². The van der Waals surface area contributed by atoms with Crippen molar-refractivity contribution in [3.8, 4) is 0 Å². The summed E-state index contributed by atoms with van der Waals surface area (Å²) >= 11 is 0. The zero-order chi connectivity index (χ0) is 12.7. The van der Waals surface area contributed by atoms with Crippen LogP contribution < -0.4 is 5.32 Å². The maximum absolute atomic E-state index is 5.79. The van der Waals surface area contributed by atoms with E-state index >= 15 is 0 Å². The van der Waals surface area contributed by atoms with Gasteiger partial charge >= 0.3 is 0 Å². The summed E-state index contributed by atoms with van der Waals surface area (Å²) in [7, 11) is 1.68. The maximum Gasteiger partial charge on any atom is 0.129 e. The highest BCUT2D eigenvalue weighted by Crippen LogP contribution is 2.28. The Hall–Kier alpha value is -0.800. The normalized spacial score (nSPS) is 12.0. The third-order valence-electron chi connectivity index (χ3n) is 2.97. The zero-order valence-electron chi connectivity index (χ0n) is 11.5. The maximum atomic E-state index is 5.79. The van der Waals surface area contributed by atoms with E-state index in [-0.39, 0.29) is 5.41 Å². The molecular formula is C14H25NO2. The number of rotatable bonds is 8. The lowest BCUT2D eigenvalue weighted by Gasteiger charge is -2.22. The van der Waals surface area contributed by atoms with E-state index in [0.29, 0.717) is 6.61 Å². The molecule has 0 amide bonds. The molecule has 0 radical (unpaired) electrons. The van der Waals surface area contributed by atoms with E-state index in [1.165, 1.54) is 6.42 Å². The van der Waals surface area contributed by atoms with Crippen LogP contribution >= 0.6 is 0 Å². The molecule has 0 aliphatic carbocycles. The molecule has 0 bridgehead atoms. The molecule has 1 rings (SSSR count). The van der Waals surface area contributed by atoms with Crippen LogP contribution in [0.5, 0.6) is 0 Å². The Morgan fingerprint density at radius 2 is 2.06 bits per heavy atom. The molecule has 0 aromatic carbocycles. The fourth-order valence-corrected chi connectivity index (χ4v) is 1.79. The molecular weight excluding hydrogens is 214 g/mol. The molecule has 0 atom stereocenters. The minimum Gasteiger partial charge on any atom is -0.463 e. The second kappa shape index (κ2) is 6.82. The summed E-state index contributed by atoms with van der Waals surface area (Å²) in [6.07, 6.45) is 2.26. The Balaban J connectivity index is 2.49. The van der Waals surface area contributed by atoms with E-state index in [9.17, 15) is 0 Å². The highest BCUT2D eigenvalue weighted by atomic mass is 16.5. The van der Waals surface area contributed by atoms with Gasteiger partial charge in [-0.05, 0) is 38.1 Å². The van der Waals surface area contributed by atoms with Crippen molar-refractivity contribution >= 4 is 0 Å². The molecule has 17 heavy (non-hydrogen) atoms. The van der Waals surface area contributed by atoms with Crippen LogP contribution in [-0.4, -0.2) is 20.2 Å². The zero-order valence-corrected chi connectivity index (χ0v) is 11.5. The molecule has 3 heteroatoms. The third-order valence-corrected chi connectivity index (χ3v) is 2.97. The summed E-state index contributed by atoms with van der Waals surface area (Å²) in [6.45, 7) is 9.28. The summed E-state index contributed by atoms with van der Waals surface area (Å²) in [6, 6.07) is 4.06. The Bertz CT molecular complexity index is 318. The van der Waals surface area contributed by atoms with Gasteiger partial charge in [0.1, 0.15) is 18.1 Å². The van der Waals surface area contributed by atoms with Gasteiger partial charge in [-0.1, -0.05) is 20.8 Å². The fourth-order valence-electron chi connectivity index (χ4n) is 1.79. The first-order valence-electron chi connectivity index (χ1n) is 6.39. The molecule has 0 saturated heterocycles. The summed E-state index contributed by atoms with van der Waals surface area (Å²) in [5.41, 5.74) is 0.0761. The Morgan fingerprint density at radius 3 is 2.71 bits per heavy atom. The van der Waals surface area contributed by atoms with Crippen LogP contribution in [0.1, 0.15) is 45.1 Å². The van der Waals surface area contributed by atoms with Crippen molar-refractivity contribution in [2.24, 2.45) is 0 Å². The predicted octanol–water partition coefficient (Wildman–Crippen LogP) is 3.09. The molecule has 0 saturated carbocycles.